The number of likely N-dealkylation sites (tertiary alicyclic amines) is 1. The molecule has 2 saturated heterocycles. The number of fused-ring (bicyclic) bond motifs is 1. The first kappa shape index (κ1) is 17.1. The van der Waals surface area contributed by atoms with Crippen LogP contribution in [0.1, 0.15) is 35.4 Å². The lowest BCUT2D eigenvalue weighted by Crippen LogP contribution is -2.58. The number of hydrogen-bond donors (Lipinski definition) is 0. The molecule has 4 rings (SSSR count). The summed E-state index contributed by atoms with van der Waals surface area (Å²) in [6, 6.07) is 5.52. The second kappa shape index (κ2) is 7.11. The smallest absolute Gasteiger partial charge is 0.257 e. The Labute approximate surface area is 153 Å². The topological polar surface area (TPSA) is 64.8 Å². The van der Waals surface area contributed by atoms with Gasteiger partial charge in [0.15, 0.2) is 0 Å². The molecule has 2 aromatic rings. The standard InChI is InChI=1S/C20H24N2O4/c1-15-17(6-11-24-15)19(23)22-9-5-18-20(13-22,7-3-10-25-18)14-26-16-4-2-8-21-12-16/h2,4,6,8,11-12,18H,3,5,7,9-10,13-14H2,1H3. The van der Waals surface area contributed by atoms with Crippen LogP contribution in [0.4, 0.5) is 0 Å². The first-order valence-electron chi connectivity index (χ1n) is 9.16. The summed E-state index contributed by atoms with van der Waals surface area (Å²) >= 11 is 0. The van der Waals surface area contributed by atoms with E-state index in [1.165, 1.54) is 0 Å². The van der Waals surface area contributed by atoms with Crippen molar-refractivity contribution in [2.45, 2.75) is 32.3 Å². The molecule has 2 unspecified atom stereocenters. The van der Waals surface area contributed by atoms with Crippen LogP contribution in [-0.4, -0.2) is 48.2 Å². The Balaban J connectivity index is 1.53. The van der Waals surface area contributed by atoms with E-state index in [9.17, 15) is 4.79 Å². The van der Waals surface area contributed by atoms with Gasteiger partial charge in [-0.2, -0.15) is 0 Å². The van der Waals surface area contributed by atoms with Crippen LogP contribution in [0.3, 0.4) is 0 Å². The lowest BCUT2D eigenvalue weighted by atomic mass is 9.73. The molecule has 0 N–H and O–H groups in total. The Hall–Kier alpha value is -2.34. The number of carbonyl (C=O) groups excluding carboxylic acids is 1. The van der Waals surface area contributed by atoms with E-state index in [1.807, 2.05) is 24.0 Å². The van der Waals surface area contributed by atoms with Crippen molar-refractivity contribution in [1.82, 2.24) is 9.88 Å². The van der Waals surface area contributed by atoms with Gasteiger partial charge in [0, 0.05) is 31.3 Å². The van der Waals surface area contributed by atoms with Gasteiger partial charge in [-0.3, -0.25) is 9.78 Å². The summed E-state index contributed by atoms with van der Waals surface area (Å²) in [5.74, 6) is 1.44. The average Bonchev–Trinajstić information content (AvgIpc) is 3.12. The summed E-state index contributed by atoms with van der Waals surface area (Å²) in [5, 5.41) is 0. The number of aryl methyl sites for hydroxylation is 1. The van der Waals surface area contributed by atoms with E-state index in [4.69, 9.17) is 13.9 Å². The number of nitrogens with zero attached hydrogens (tertiary/aromatic N) is 2. The highest BCUT2D eigenvalue weighted by molar-refractivity contribution is 5.95. The minimum absolute atomic E-state index is 0.0287. The summed E-state index contributed by atoms with van der Waals surface area (Å²) in [6.45, 7) is 4.47. The average molecular weight is 356 g/mol. The second-order valence-electron chi connectivity index (χ2n) is 7.21. The predicted octanol–water partition coefficient (Wildman–Crippen LogP) is 3.07. The summed E-state index contributed by atoms with van der Waals surface area (Å²) in [4.78, 5) is 19.0. The van der Waals surface area contributed by atoms with Gasteiger partial charge < -0.3 is 18.8 Å². The van der Waals surface area contributed by atoms with Crippen LogP contribution in [0.5, 0.6) is 5.75 Å². The normalized spacial score (nSPS) is 25.6. The Kier molecular flexibility index (Phi) is 4.68. The van der Waals surface area contributed by atoms with Gasteiger partial charge in [-0.1, -0.05) is 0 Å². The number of carbonyl (C=O) groups is 1. The van der Waals surface area contributed by atoms with Gasteiger partial charge in [0.25, 0.3) is 5.91 Å². The minimum atomic E-state index is -0.181. The lowest BCUT2D eigenvalue weighted by Gasteiger charge is -2.50. The fraction of sp³-hybridized carbons (Fsp3) is 0.500. The van der Waals surface area contributed by atoms with Crippen LogP contribution in [0.2, 0.25) is 0 Å². The van der Waals surface area contributed by atoms with Crippen LogP contribution < -0.4 is 4.74 Å². The highest BCUT2D eigenvalue weighted by Crippen LogP contribution is 2.41. The maximum absolute atomic E-state index is 12.9. The molecule has 4 heterocycles. The fourth-order valence-electron chi connectivity index (χ4n) is 4.11. The molecule has 0 spiro atoms. The van der Waals surface area contributed by atoms with Gasteiger partial charge in [-0.05, 0) is 44.4 Å². The molecule has 26 heavy (non-hydrogen) atoms. The molecule has 6 heteroatoms. The quantitative estimate of drug-likeness (QED) is 0.842. The zero-order chi connectivity index (χ0) is 18.0. The molecular weight excluding hydrogens is 332 g/mol. The fourth-order valence-corrected chi connectivity index (χ4v) is 4.11. The number of pyridine rings is 1. The molecule has 2 atom stereocenters. The number of rotatable bonds is 4. The maximum Gasteiger partial charge on any atom is 0.257 e. The van der Waals surface area contributed by atoms with Crippen molar-refractivity contribution < 1.29 is 18.7 Å². The minimum Gasteiger partial charge on any atom is -0.491 e. The first-order chi connectivity index (χ1) is 12.7. The maximum atomic E-state index is 12.9. The van der Waals surface area contributed by atoms with E-state index < -0.39 is 0 Å². The zero-order valence-electron chi connectivity index (χ0n) is 15.0. The molecule has 2 aliphatic heterocycles. The van der Waals surface area contributed by atoms with Gasteiger partial charge in [-0.15, -0.1) is 0 Å². The molecule has 2 fully saturated rings. The van der Waals surface area contributed by atoms with Crippen molar-refractivity contribution in [3.63, 3.8) is 0 Å². The number of piperidine rings is 1. The predicted molar refractivity (Wildman–Crippen MR) is 95.1 cm³/mol. The van der Waals surface area contributed by atoms with E-state index in [1.54, 1.807) is 24.7 Å². The third-order valence-corrected chi connectivity index (χ3v) is 5.53. The SMILES string of the molecule is Cc1occc1C(=O)N1CCC2OCCCC2(COc2cccnc2)C1. The molecule has 0 aromatic carbocycles. The monoisotopic (exact) mass is 356 g/mol. The van der Waals surface area contributed by atoms with Crippen LogP contribution in [0, 0.1) is 12.3 Å². The van der Waals surface area contributed by atoms with E-state index in [0.717, 1.165) is 31.6 Å². The Morgan fingerprint density at radius 3 is 3.15 bits per heavy atom. The molecule has 6 nitrogen and oxygen atoms in total. The van der Waals surface area contributed by atoms with E-state index in [2.05, 4.69) is 4.98 Å². The Morgan fingerprint density at radius 2 is 2.38 bits per heavy atom. The van der Waals surface area contributed by atoms with Crippen molar-refractivity contribution in [3.8, 4) is 5.75 Å². The third-order valence-electron chi connectivity index (χ3n) is 5.53. The first-order valence-corrected chi connectivity index (χ1v) is 9.16. The highest BCUT2D eigenvalue weighted by Gasteiger charge is 2.48. The van der Waals surface area contributed by atoms with Crippen molar-refractivity contribution in [2.24, 2.45) is 5.41 Å². The lowest BCUT2D eigenvalue weighted by molar-refractivity contribution is -0.133. The Bertz CT molecular complexity index is 760. The van der Waals surface area contributed by atoms with Crippen LogP contribution in [0.25, 0.3) is 0 Å². The summed E-state index contributed by atoms with van der Waals surface area (Å²) < 4.78 is 17.4. The molecule has 0 bridgehead atoms. The highest BCUT2D eigenvalue weighted by atomic mass is 16.5. The van der Waals surface area contributed by atoms with Crippen molar-refractivity contribution >= 4 is 5.91 Å². The number of hydrogen-bond acceptors (Lipinski definition) is 5. The molecular formula is C20H24N2O4. The van der Waals surface area contributed by atoms with E-state index in [0.29, 0.717) is 31.0 Å². The molecule has 1 amide bonds. The number of ether oxygens (including phenoxy) is 2. The number of amides is 1. The summed E-state index contributed by atoms with van der Waals surface area (Å²) in [7, 11) is 0. The second-order valence-corrected chi connectivity index (χ2v) is 7.21. The Morgan fingerprint density at radius 1 is 1.46 bits per heavy atom. The zero-order valence-corrected chi connectivity index (χ0v) is 15.0. The van der Waals surface area contributed by atoms with Crippen LogP contribution >= 0.6 is 0 Å². The van der Waals surface area contributed by atoms with Crippen molar-refractivity contribution in [3.05, 3.63) is 48.2 Å². The number of furan rings is 1. The van der Waals surface area contributed by atoms with Gasteiger partial charge in [0.05, 0.1) is 30.7 Å². The van der Waals surface area contributed by atoms with E-state index in [-0.39, 0.29) is 17.4 Å². The van der Waals surface area contributed by atoms with E-state index >= 15 is 0 Å². The molecule has 0 radical (unpaired) electrons. The molecule has 2 aromatic heterocycles. The molecule has 0 aliphatic carbocycles. The van der Waals surface area contributed by atoms with Crippen LogP contribution in [-0.2, 0) is 4.74 Å². The van der Waals surface area contributed by atoms with Gasteiger partial charge in [0.2, 0.25) is 0 Å². The van der Waals surface area contributed by atoms with Gasteiger partial charge >= 0.3 is 0 Å². The van der Waals surface area contributed by atoms with Crippen molar-refractivity contribution in [1.29, 1.82) is 0 Å². The summed E-state index contributed by atoms with van der Waals surface area (Å²) in [6.07, 6.45) is 7.95. The molecule has 2 aliphatic rings. The van der Waals surface area contributed by atoms with Gasteiger partial charge in [-0.25, -0.2) is 0 Å². The van der Waals surface area contributed by atoms with Crippen molar-refractivity contribution in [2.75, 3.05) is 26.3 Å². The number of aromatic nitrogens is 1. The summed E-state index contributed by atoms with van der Waals surface area (Å²) in [5.41, 5.74) is 0.461. The largest absolute Gasteiger partial charge is 0.491 e. The third kappa shape index (κ3) is 3.21. The van der Waals surface area contributed by atoms with Crippen LogP contribution in [0.15, 0.2) is 41.3 Å². The van der Waals surface area contributed by atoms with Gasteiger partial charge in [0.1, 0.15) is 11.5 Å². The molecule has 0 saturated carbocycles. The molecule has 138 valence electrons.